The Kier molecular flexibility index (Phi) is 6.46. The molecule has 2 amide bonds. The lowest BCUT2D eigenvalue weighted by atomic mass is 10.1. The Morgan fingerprint density at radius 1 is 1.11 bits per heavy atom. The average Bonchev–Trinajstić information content (AvgIpc) is 3.48. The molecule has 178 valence electrons. The van der Waals surface area contributed by atoms with E-state index in [0.29, 0.717) is 29.7 Å². The van der Waals surface area contributed by atoms with Crippen molar-refractivity contribution in [3.8, 4) is 5.75 Å². The second-order valence-corrected chi connectivity index (χ2v) is 9.33. The molecule has 1 fully saturated rings. The van der Waals surface area contributed by atoms with Gasteiger partial charge in [-0.25, -0.2) is 9.37 Å². The van der Waals surface area contributed by atoms with E-state index in [-0.39, 0.29) is 30.6 Å². The predicted molar refractivity (Wildman–Crippen MR) is 135 cm³/mol. The van der Waals surface area contributed by atoms with Crippen LogP contribution in [0.5, 0.6) is 5.75 Å². The normalized spacial score (nSPS) is 15.5. The van der Waals surface area contributed by atoms with E-state index in [1.54, 1.807) is 21.9 Å². The number of amides is 2. The zero-order valence-electron chi connectivity index (χ0n) is 19.2. The van der Waals surface area contributed by atoms with Gasteiger partial charge in [-0.2, -0.15) is 0 Å². The van der Waals surface area contributed by atoms with E-state index in [9.17, 15) is 14.0 Å². The van der Waals surface area contributed by atoms with Gasteiger partial charge in [0.2, 0.25) is 11.8 Å². The second-order valence-electron chi connectivity index (χ2n) is 8.32. The number of nitrogens with zero attached hydrogens (tertiary/aromatic N) is 3. The summed E-state index contributed by atoms with van der Waals surface area (Å²) in [5.74, 6) is -0.543. The number of aromatic nitrogens is 1. The molecule has 1 atom stereocenters. The molecule has 6 nitrogen and oxygen atoms in total. The van der Waals surface area contributed by atoms with E-state index in [0.717, 1.165) is 15.8 Å². The first-order valence-electron chi connectivity index (χ1n) is 11.5. The van der Waals surface area contributed by atoms with Crippen molar-refractivity contribution in [2.24, 2.45) is 5.92 Å². The first-order chi connectivity index (χ1) is 17.0. The highest BCUT2D eigenvalue weighted by atomic mass is 32.1. The van der Waals surface area contributed by atoms with Gasteiger partial charge in [-0.3, -0.25) is 14.5 Å². The van der Waals surface area contributed by atoms with Gasteiger partial charge < -0.3 is 9.64 Å². The van der Waals surface area contributed by atoms with E-state index >= 15 is 0 Å². The predicted octanol–water partition coefficient (Wildman–Crippen LogP) is 5.42. The molecule has 3 aromatic carbocycles. The maximum absolute atomic E-state index is 13.8. The van der Waals surface area contributed by atoms with Crippen LogP contribution in [0.25, 0.3) is 10.2 Å². The van der Waals surface area contributed by atoms with Crippen LogP contribution in [0.1, 0.15) is 18.9 Å². The third-order valence-corrected chi connectivity index (χ3v) is 7.01. The zero-order valence-corrected chi connectivity index (χ0v) is 20.0. The summed E-state index contributed by atoms with van der Waals surface area (Å²) in [5.41, 5.74) is 2.27. The number of rotatable bonds is 7. The van der Waals surface area contributed by atoms with Gasteiger partial charge in [0.15, 0.2) is 5.13 Å². The third-order valence-electron chi connectivity index (χ3n) is 5.96. The lowest BCUT2D eigenvalue weighted by Crippen LogP contribution is -2.37. The number of carbonyl (C=O) groups is 2. The topological polar surface area (TPSA) is 62.7 Å². The molecule has 1 aliphatic rings. The van der Waals surface area contributed by atoms with Crippen molar-refractivity contribution >= 4 is 44.2 Å². The second kappa shape index (κ2) is 9.84. The van der Waals surface area contributed by atoms with Crippen LogP contribution in [0, 0.1) is 11.7 Å². The highest BCUT2D eigenvalue weighted by Crippen LogP contribution is 2.36. The molecule has 5 rings (SSSR count). The SMILES string of the molecule is CCOc1cccc2sc(N(Cc3ccccc3)C(=O)C3CC(=O)N(c4ccc(F)cc4)C3)nc12. The third kappa shape index (κ3) is 4.74. The lowest BCUT2D eigenvalue weighted by molar-refractivity contribution is -0.124. The largest absolute Gasteiger partial charge is 0.492 e. The van der Waals surface area contributed by atoms with Crippen LogP contribution in [0.4, 0.5) is 15.2 Å². The number of hydrogen-bond acceptors (Lipinski definition) is 5. The molecule has 1 aromatic heterocycles. The minimum atomic E-state index is -0.533. The number of halogens is 1. The van der Waals surface area contributed by atoms with Gasteiger partial charge in [0, 0.05) is 18.7 Å². The highest BCUT2D eigenvalue weighted by molar-refractivity contribution is 7.22. The van der Waals surface area contributed by atoms with Crippen LogP contribution >= 0.6 is 11.3 Å². The van der Waals surface area contributed by atoms with E-state index in [2.05, 4.69) is 0 Å². The van der Waals surface area contributed by atoms with Crippen LogP contribution in [0.15, 0.2) is 72.8 Å². The van der Waals surface area contributed by atoms with Gasteiger partial charge in [-0.05, 0) is 48.9 Å². The Balaban J connectivity index is 1.47. The standard InChI is InChI=1S/C27H24FN3O3S/c1-2-34-22-9-6-10-23-25(22)29-27(35-23)31(16-18-7-4-3-5-8-18)26(33)19-15-24(32)30(17-19)21-13-11-20(28)12-14-21/h3-14,19H,2,15-17H2,1H3. The molecule has 1 unspecified atom stereocenters. The fourth-order valence-corrected chi connectivity index (χ4v) is 5.26. The van der Waals surface area contributed by atoms with Crippen LogP contribution in [-0.2, 0) is 16.1 Å². The summed E-state index contributed by atoms with van der Waals surface area (Å²) < 4.78 is 20.0. The summed E-state index contributed by atoms with van der Waals surface area (Å²) in [6.07, 6.45) is 0.0938. The molecule has 4 aromatic rings. The van der Waals surface area contributed by atoms with Crippen molar-refractivity contribution in [3.63, 3.8) is 0 Å². The smallest absolute Gasteiger partial charge is 0.234 e. The molecular formula is C27H24FN3O3S. The van der Waals surface area contributed by atoms with Gasteiger partial charge in [0.05, 0.1) is 23.8 Å². The van der Waals surface area contributed by atoms with Crippen LogP contribution in [0.2, 0.25) is 0 Å². The average molecular weight is 490 g/mol. The van der Waals surface area contributed by atoms with E-state index in [1.165, 1.54) is 23.5 Å². The van der Waals surface area contributed by atoms with Crippen molar-refractivity contribution in [2.75, 3.05) is 23.0 Å². The molecule has 0 N–H and O–H groups in total. The molecular weight excluding hydrogens is 465 g/mol. The molecule has 0 aliphatic carbocycles. The summed E-state index contributed by atoms with van der Waals surface area (Å²) >= 11 is 1.43. The quantitative estimate of drug-likeness (QED) is 0.348. The summed E-state index contributed by atoms with van der Waals surface area (Å²) in [6.45, 7) is 3.01. The molecule has 35 heavy (non-hydrogen) atoms. The summed E-state index contributed by atoms with van der Waals surface area (Å²) in [6, 6.07) is 21.2. The Morgan fingerprint density at radius 2 is 1.89 bits per heavy atom. The number of carbonyl (C=O) groups excluding carboxylic acids is 2. The summed E-state index contributed by atoms with van der Waals surface area (Å²) in [5, 5.41) is 0.564. The molecule has 1 saturated heterocycles. The number of fused-ring (bicyclic) bond motifs is 1. The molecule has 2 heterocycles. The molecule has 0 saturated carbocycles. The monoisotopic (exact) mass is 489 g/mol. The minimum absolute atomic E-state index is 0.0938. The molecule has 1 aliphatic heterocycles. The minimum Gasteiger partial charge on any atom is -0.492 e. The fraction of sp³-hybridized carbons (Fsp3) is 0.222. The number of para-hydroxylation sites is 1. The van der Waals surface area contributed by atoms with Gasteiger partial charge in [-0.15, -0.1) is 0 Å². The van der Waals surface area contributed by atoms with E-state index in [4.69, 9.17) is 9.72 Å². The zero-order chi connectivity index (χ0) is 24.4. The first-order valence-corrected chi connectivity index (χ1v) is 12.3. The lowest BCUT2D eigenvalue weighted by Gasteiger charge is -2.23. The van der Waals surface area contributed by atoms with Crippen molar-refractivity contribution in [3.05, 3.63) is 84.2 Å². The first kappa shape index (κ1) is 23.0. The number of hydrogen-bond donors (Lipinski definition) is 0. The summed E-state index contributed by atoms with van der Waals surface area (Å²) in [4.78, 5) is 34.6. The van der Waals surface area contributed by atoms with Gasteiger partial charge in [0.1, 0.15) is 17.1 Å². The maximum atomic E-state index is 13.8. The fourth-order valence-electron chi connectivity index (χ4n) is 4.27. The Labute approximate surface area is 206 Å². The van der Waals surface area contributed by atoms with E-state index < -0.39 is 5.92 Å². The molecule has 0 bridgehead atoms. The maximum Gasteiger partial charge on any atom is 0.234 e. The summed E-state index contributed by atoms with van der Waals surface area (Å²) in [7, 11) is 0. The van der Waals surface area contributed by atoms with Crippen LogP contribution < -0.4 is 14.5 Å². The van der Waals surface area contributed by atoms with Crippen LogP contribution in [0.3, 0.4) is 0 Å². The Bertz CT molecular complexity index is 1360. The van der Waals surface area contributed by atoms with Crippen LogP contribution in [-0.4, -0.2) is 29.9 Å². The van der Waals surface area contributed by atoms with Crippen molar-refractivity contribution in [1.82, 2.24) is 4.98 Å². The van der Waals surface area contributed by atoms with Gasteiger partial charge >= 0.3 is 0 Å². The van der Waals surface area contributed by atoms with Gasteiger partial charge in [-0.1, -0.05) is 47.7 Å². The van der Waals surface area contributed by atoms with Gasteiger partial charge in [0.25, 0.3) is 0 Å². The van der Waals surface area contributed by atoms with Crippen molar-refractivity contribution in [1.29, 1.82) is 0 Å². The Hall–Kier alpha value is -3.78. The molecule has 0 spiro atoms. The van der Waals surface area contributed by atoms with Crippen molar-refractivity contribution in [2.45, 2.75) is 19.9 Å². The molecule has 0 radical (unpaired) electrons. The molecule has 8 heteroatoms. The number of benzene rings is 3. The number of thiazole rings is 1. The highest BCUT2D eigenvalue weighted by Gasteiger charge is 2.38. The Morgan fingerprint density at radius 3 is 2.63 bits per heavy atom. The van der Waals surface area contributed by atoms with Crippen molar-refractivity contribution < 1.29 is 18.7 Å². The number of ether oxygens (including phenoxy) is 1. The van der Waals surface area contributed by atoms with E-state index in [1.807, 2.05) is 55.5 Å². The number of anilines is 2.